The fraction of sp³-hybridized carbons (Fsp3) is 0.250. The highest BCUT2D eigenvalue weighted by Gasteiger charge is 2.20. The van der Waals surface area contributed by atoms with Crippen LogP contribution < -0.4 is 11.1 Å². The molecule has 0 saturated carbocycles. The van der Waals surface area contributed by atoms with Gasteiger partial charge in [0.05, 0.1) is 17.9 Å². The van der Waals surface area contributed by atoms with Crippen LogP contribution in [0, 0.1) is 0 Å². The molecule has 0 fully saturated rings. The molecule has 3 amide bonds. The van der Waals surface area contributed by atoms with Crippen molar-refractivity contribution in [3.63, 3.8) is 0 Å². The highest BCUT2D eigenvalue weighted by Crippen LogP contribution is 2.14. The Balaban J connectivity index is 2.83. The molecule has 7 nitrogen and oxygen atoms in total. The lowest BCUT2D eigenvalue weighted by molar-refractivity contribution is -0.142. The molecule has 1 aromatic rings. The Morgan fingerprint density at radius 2 is 1.95 bits per heavy atom. The van der Waals surface area contributed by atoms with Crippen molar-refractivity contribution in [1.29, 1.82) is 0 Å². The molecule has 0 spiro atoms. The van der Waals surface area contributed by atoms with Crippen LogP contribution in [0.25, 0.3) is 0 Å². The van der Waals surface area contributed by atoms with Crippen LogP contribution in [-0.4, -0.2) is 47.9 Å². The molecule has 0 atom stereocenters. The number of likely N-dealkylation sites (N-methyl/N-ethyl adjacent to an activating group) is 1. The Morgan fingerprint density at radius 1 is 1.32 bits per heavy atom. The zero-order chi connectivity index (χ0) is 14.4. The van der Waals surface area contributed by atoms with Gasteiger partial charge in [-0.05, 0) is 12.1 Å². The third-order valence-corrected chi connectivity index (χ3v) is 2.42. The summed E-state index contributed by atoms with van der Waals surface area (Å²) in [4.78, 5) is 35.5. The van der Waals surface area contributed by atoms with Crippen molar-refractivity contribution in [2.45, 2.75) is 0 Å². The van der Waals surface area contributed by atoms with E-state index in [1.54, 1.807) is 12.1 Å². The second-order valence-electron chi connectivity index (χ2n) is 3.81. The van der Waals surface area contributed by atoms with Crippen LogP contribution in [0.15, 0.2) is 24.3 Å². The first-order valence-corrected chi connectivity index (χ1v) is 5.53. The minimum atomic E-state index is -0.898. The van der Waals surface area contributed by atoms with Crippen LogP contribution in [-0.2, 0) is 9.59 Å². The van der Waals surface area contributed by atoms with Gasteiger partial charge in [-0.3, -0.25) is 14.4 Å². The molecule has 4 N–H and O–H groups in total. The van der Waals surface area contributed by atoms with E-state index in [-0.39, 0.29) is 24.4 Å². The lowest BCUT2D eigenvalue weighted by Crippen LogP contribution is -2.38. The molecule has 1 aromatic carbocycles. The predicted octanol–water partition coefficient (Wildman–Crippen LogP) is -0.825. The normalized spacial score (nSPS) is 9.79. The first-order chi connectivity index (χ1) is 8.97. The van der Waals surface area contributed by atoms with Crippen molar-refractivity contribution in [3.05, 3.63) is 29.8 Å². The number of carbonyl (C=O) groups excluding carboxylic acids is 3. The SMILES string of the molecule is CN(CCO)C(=O)C(=O)Nc1ccccc1C(N)=O. The van der Waals surface area contributed by atoms with Gasteiger partial charge >= 0.3 is 11.8 Å². The number of para-hydroxylation sites is 1. The number of aliphatic hydroxyl groups is 1. The maximum absolute atomic E-state index is 11.7. The summed E-state index contributed by atoms with van der Waals surface area (Å²) in [5.74, 6) is -2.41. The van der Waals surface area contributed by atoms with Gasteiger partial charge in [-0.1, -0.05) is 12.1 Å². The Bertz CT molecular complexity index is 502. The third-order valence-electron chi connectivity index (χ3n) is 2.42. The highest BCUT2D eigenvalue weighted by atomic mass is 16.3. The van der Waals surface area contributed by atoms with Crippen molar-refractivity contribution >= 4 is 23.4 Å². The first kappa shape index (κ1) is 14.7. The van der Waals surface area contributed by atoms with Crippen molar-refractivity contribution in [2.75, 3.05) is 25.5 Å². The summed E-state index contributed by atoms with van der Waals surface area (Å²) in [7, 11) is 1.39. The van der Waals surface area contributed by atoms with Crippen LogP contribution in [0.5, 0.6) is 0 Å². The average Bonchev–Trinajstić information content (AvgIpc) is 2.38. The van der Waals surface area contributed by atoms with Gasteiger partial charge in [0.15, 0.2) is 0 Å². The van der Waals surface area contributed by atoms with E-state index < -0.39 is 17.7 Å². The number of aliphatic hydroxyl groups excluding tert-OH is 1. The molecule has 0 aromatic heterocycles. The minimum absolute atomic E-state index is 0.0454. The third kappa shape index (κ3) is 3.78. The predicted molar refractivity (Wildman–Crippen MR) is 68.3 cm³/mol. The fourth-order valence-electron chi connectivity index (χ4n) is 1.41. The number of nitrogens with one attached hydrogen (secondary N) is 1. The number of benzene rings is 1. The summed E-state index contributed by atoms with van der Waals surface area (Å²) in [6.45, 7) is -0.197. The largest absolute Gasteiger partial charge is 0.395 e. The van der Waals surface area contributed by atoms with E-state index >= 15 is 0 Å². The molecule has 7 heteroatoms. The average molecular weight is 265 g/mol. The van der Waals surface area contributed by atoms with E-state index in [2.05, 4.69) is 5.32 Å². The molecule has 102 valence electrons. The van der Waals surface area contributed by atoms with Gasteiger partial charge in [0.1, 0.15) is 0 Å². The summed E-state index contributed by atoms with van der Waals surface area (Å²) in [5.41, 5.74) is 5.45. The highest BCUT2D eigenvalue weighted by molar-refractivity contribution is 6.39. The number of anilines is 1. The Morgan fingerprint density at radius 3 is 2.53 bits per heavy atom. The summed E-state index contributed by atoms with van der Waals surface area (Å²) in [6, 6.07) is 6.11. The monoisotopic (exact) mass is 265 g/mol. The van der Waals surface area contributed by atoms with Crippen LogP contribution in [0.1, 0.15) is 10.4 Å². The van der Waals surface area contributed by atoms with Gasteiger partial charge in [-0.25, -0.2) is 0 Å². The Hall–Kier alpha value is -2.41. The molecular weight excluding hydrogens is 250 g/mol. The molecule has 0 aliphatic carbocycles. The number of amides is 3. The number of hydrogen-bond donors (Lipinski definition) is 3. The quantitative estimate of drug-likeness (QED) is 0.617. The van der Waals surface area contributed by atoms with Crippen LogP contribution in [0.4, 0.5) is 5.69 Å². The number of rotatable bonds is 4. The van der Waals surface area contributed by atoms with Crippen LogP contribution >= 0.6 is 0 Å². The molecule has 0 aliphatic rings. The molecule has 0 radical (unpaired) electrons. The number of primary amides is 1. The van der Waals surface area contributed by atoms with Gasteiger partial charge < -0.3 is 21.1 Å². The molecule has 0 bridgehead atoms. The second-order valence-corrected chi connectivity index (χ2v) is 3.81. The summed E-state index contributed by atoms with van der Waals surface area (Å²) >= 11 is 0. The van der Waals surface area contributed by atoms with Crippen molar-refractivity contribution in [1.82, 2.24) is 4.90 Å². The fourth-order valence-corrected chi connectivity index (χ4v) is 1.41. The van der Waals surface area contributed by atoms with E-state index in [0.717, 1.165) is 4.90 Å². The lowest BCUT2D eigenvalue weighted by atomic mass is 10.1. The Labute approximate surface area is 110 Å². The molecular formula is C12H15N3O4. The zero-order valence-electron chi connectivity index (χ0n) is 10.4. The number of carbonyl (C=O) groups is 3. The zero-order valence-corrected chi connectivity index (χ0v) is 10.4. The summed E-state index contributed by atoms with van der Waals surface area (Å²) < 4.78 is 0. The van der Waals surface area contributed by atoms with Crippen molar-refractivity contribution in [2.24, 2.45) is 5.73 Å². The van der Waals surface area contributed by atoms with Gasteiger partial charge in [0.25, 0.3) is 5.91 Å². The van der Waals surface area contributed by atoms with Crippen LogP contribution in [0.3, 0.4) is 0 Å². The molecule has 0 unspecified atom stereocenters. The molecule has 0 aliphatic heterocycles. The molecule has 0 heterocycles. The van der Waals surface area contributed by atoms with Crippen molar-refractivity contribution in [3.8, 4) is 0 Å². The topological polar surface area (TPSA) is 113 Å². The van der Waals surface area contributed by atoms with E-state index in [1.807, 2.05) is 0 Å². The number of nitrogens with two attached hydrogens (primary N) is 1. The minimum Gasteiger partial charge on any atom is -0.395 e. The summed E-state index contributed by atoms with van der Waals surface area (Å²) in [6.07, 6.45) is 0. The van der Waals surface area contributed by atoms with Gasteiger partial charge in [-0.2, -0.15) is 0 Å². The van der Waals surface area contributed by atoms with Gasteiger partial charge in [0, 0.05) is 13.6 Å². The lowest BCUT2D eigenvalue weighted by Gasteiger charge is -2.15. The summed E-state index contributed by atoms with van der Waals surface area (Å²) in [5, 5.41) is 11.0. The smallest absolute Gasteiger partial charge is 0.313 e. The Kier molecular flexibility index (Phi) is 5.01. The van der Waals surface area contributed by atoms with E-state index in [4.69, 9.17) is 10.8 Å². The molecule has 0 saturated heterocycles. The van der Waals surface area contributed by atoms with E-state index in [1.165, 1.54) is 19.2 Å². The van der Waals surface area contributed by atoms with Gasteiger partial charge in [-0.15, -0.1) is 0 Å². The second kappa shape index (κ2) is 6.50. The van der Waals surface area contributed by atoms with Crippen molar-refractivity contribution < 1.29 is 19.5 Å². The maximum Gasteiger partial charge on any atom is 0.313 e. The number of nitrogens with zero attached hydrogens (tertiary/aromatic N) is 1. The first-order valence-electron chi connectivity index (χ1n) is 5.53. The molecule has 1 rings (SSSR count). The number of hydrogen-bond acceptors (Lipinski definition) is 4. The van der Waals surface area contributed by atoms with Gasteiger partial charge in [0.2, 0.25) is 0 Å². The van der Waals surface area contributed by atoms with E-state index in [9.17, 15) is 14.4 Å². The maximum atomic E-state index is 11.7. The van der Waals surface area contributed by atoms with Crippen LogP contribution in [0.2, 0.25) is 0 Å². The van der Waals surface area contributed by atoms with E-state index in [0.29, 0.717) is 0 Å². The molecule has 19 heavy (non-hydrogen) atoms. The standard InChI is InChI=1S/C12H15N3O4/c1-15(6-7-16)12(19)11(18)14-9-5-3-2-4-8(9)10(13)17/h2-5,16H,6-7H2,1H3,(H2,13,17)(H,14,18).